The van der Waals surface area contributed by atoms with Crippen molar-refractivity contribution in [3.05, 3.63) is 99.0 Å². The smallest absolute Gasteiger partial charge is 0.326 e. The summed E-state index contributed by atoms with van der Waals surface area (Å²) in [6, 6.07) is 19.6. The van der Waals surface area contributed by atoms with Gasteiger partial charge in [-0.25, -0.2) is 4.79 Å². The first kappa shape index (κ1) is 27.0. The summed E-state index contributed by atoms with van der Waals surface area (Å²) in [6.45, 7) is 6.68. The predicted molar refractivity (Wildman–Crippen MR) is 154 cm³/mol. The number of carbonyl (C=O) groups is 2. The van der Waals surface area contributed by atoms with Gasteiger partial charge in [0.1, 0.15) is 24.2 Å². The average molecular weight is 566 g/mol. The first-order valence-electron chi connectivity index (χ1n) is 12.9. The van der Waals surface area contributed by atoms with Crippen molar-refractivity contribution in [1.29, 1.82) is 0 Å². The Balaban J connectivity index is 1.71. The van der Waals surface area contributed by atoms with E-state index in [9.17, 15) is 9.59 Å². The molecule has 2 atom stereocenters. The van der Waals surface area contributed by atoms with Gasteiger partial charge in [0, 0.05) is 23.1 Å². The number of hydrogen-bond acceptors (Lipinski definition) is 4. The van der Waals surface area contributed by atoms with Crippen LogP contribution in [0.5, 0.6) is 5.75 Å². The molecule has 3 amide bonds. The minimum absolute atomic E-state index is 0.0268. The van der Waals surface area contributed by atoms with Crippen molar-refractivity contribution in [3.63, 3.8) is 0 Å². The van der Waals surface area contributed by atoms with Crippen molar-refractivity contribution in [1.82, 2.24) is 15.1 Å². The molecular formula is C30H30Cl2N4O3. The fourth-order valence-corrected chi connectivity index (χ4v) is 5.33. The van der Waals surface area contributed by atoms with Gasteiger partial charge in [0.25, 0.3) is 0 Å². The molecule has 0 aliphatic carbocycles. The number of piperazine rings is 1. The number of benzene rings is 3. The molecule has 0 saturated carbocycles. The maximum absolute atomic E-state index is 14.3. The SMILES string of the molecule is Cc1ccc(C2=N[C@@H](c3cccc(Cl)c3)[C@@H](c3ccc(Cl)cc3)N2C(=O)N2CCNC(=O)C2)c(OC(C)C)c1. The maximum atomic E-state index is 14.3. The fourth-order valence-electron chi connectivity index (χ4n) is 5.01. The Kier molecular flexibility index (Phi) is 7.82. The van der Waals surface area contributed by atoms with E-state index in [4.69, 9.17) is 32.9 Å². The second kappa shape index (κ2) is 11.3. The van der Waals surface area contributed by atoms with Crippen molar-refractivity contribution < 1.29 is 14.3 Å². The van der Waals surface area contributed by atoms with Crippen LogP contribution < -0.4 is 10.1 Å². The molecule has 7 nitrogen and oxygen atoms in total. The second-order valence-corrected chi connectivity index (χ2v) is 10.9. The van der Waals surface area contributed by atoms with E-state index >= 15 is 0 Å². The Morgan fingerprint density at radius 2 is 1.79 bits per heavy atom. The molecule has 3 aromatic rings. The lowest BCUT2D eigenvalue weighted by molar-refractivity contribution is -0.123. The maximum Gasteiger partial charge on any atom is 0.326 e. The van der Waals surface area contributed by atoms with Crippen LogP contribution >= 0.6 is 23.2 Å². The number of nitrogens with zero attached hydrogens (tertiary/aromatic N) is 3. The molecule has 1 fully saturated rings. The molecule has 9 heteroatoms. The molecule has 0 bridgehead atoms. The summed E-state index contributed by atoms with van der Waals surface area (Å²) in [5.41, 5.74) is 3.45. The monoisotopic (exact) mass is 564 g/mol. The highest BCUT2D eigenvalue weighted by molar-refractivity contribution is 6.30. The van der Waals surface area contributed by atoms with Gasteiger partial charge in [-0.3, -0.25) is 14.7 Å². The van der Waals surface area contributed by atoms with Crippen molar-refractivity contribution >= 4 is 41.0 Å². The number of amides is 3. The minimum atomic E-state index is -0.513. The van der Waals surface area contributed by atoms with E-state index in [-0.39, 0.29) is 24.6 Å². The Bertz CT molecular complexity index is 1420. The summed E-state index contributed by atoms with van der Waals surface area (Å²) >= 11 is 12.7. The van der Waals surface area contributed by atoms with E-state index < -0.39 is 12.1 Å². The van der Waals surface area contributed by atoms with Crippen molar-refractivity contribution in [2.24, 2.45) is 4.99 Å². The molecule has 39 heavy (non-hydrogen) atoms. The number of aliphatic imine (C=N–C) groups is 1. The van der Waals surface area contributed by atoms with Gasteiger partial charge in [0.15, 0.2) is 0 Å². The number of amidine groups is 1. The van der Waals surface area contributed by atoms with Gasteiger partial charge in [0.05, 0.1) is 17.7 Å². The Morgan fingerprint density at radius 1 is 1.03 bits per heavy atom. The van der Waals surface area contributed by atoms with Crippen LogP contribution in [0.2, 0.25) is 10.0 Å². The van der Waals surface area contributed by atoms with Crippen LogP contribution in [0.3, 0.4) is 0 Å². The number of ether oxygens (including phenoxy) is 1. The molecule has 3 aromatic carbocycles. The molecular weight excluding hydrogens is 535 g/mol. The first-order valence-corrected chi connectivity index (χ1v) is 13.7. The average Bonchev–Trinajstić information content (AvgIpc) is 3.29. The summed E-state index contributed by atoms with van der Waals surface area (Å²) in [7, 11) is 0. The zero-order valence-corrected chi connectivity index (χ0v) is 23.5. The third kappa shape index (κ3) is 5.75. The normalized spacial score (nSPS) is 19.2. The van der Waals surface area contributed by atoms with Gasteiger partial charge < -0.3 is 15.0 Å². The van der Waals surface area contributed by atoms with Gasteiger partial charge in [-0.2, -0.15) is 0 Å². The third-order valence-electron chi connectivity index (χ3n) is 6.72. The molecule has 0 unspecified atom stereocenters. The molecule has 2 aliphatic heterocycles. The van der Waals surface area contributed by atoms with E-state index in [0.717, 1.165) is 16.7 Å². The van der Waals surface area contributed by atoms with Crippen LogP contribution in [0.25, 0.3) is 0 Å². The predicted octanol–water partition coefficient (Wildman–Crippen LogP) is 6.19. The molecule has 5 rings (SSSR count). The lowest BCUT2D eigenvalue weighted by Gasteiger charge is -2.36. The first-order chi connectivity index (χ1) is 18.7. The summed E-state index contributed by atoms with van der Waals surface area (Å²) in [6.07, 6.45) is -0.0849. The number of nitrogens with one attached hydrogen (secondary N) is 1. The Morgan fingerprint density at radius 3 is 2.49 bits per heavy atom. The lowest BCUT2D eigenvalue weighted by atomic mass is 9.93. The summed E-state index contributed by atoms with van der Waals surface area (Å²) in [5, 5.41) is 3.97. The number of urea groups is 1. The molecule has 2 aliphatic rings. The summed E-state index contributed by atoms with van der Waals surface area (Å²) in [5.74, 6) is 0.923. The highest BCUT2D eigenvalue weighted by Crippen LogP contribution is 2.45. The minimum Gasteiger partial charge on any atom is -0.490 e. The van der Waals surface area contributed by atoms with E-state index in [1.165, 1.54) is 0 Å². The molecule has 0 aromatic heterocycles. The Labute approximate surface area is 238 Å². The van der Waals surface area contributed by atoms with Gasteiger partial charge in [-0.15, -0.1) is 0 Å². The van der Waals surface area contributed by atoms with Crippen molar-refractivity contribution in [3.8, 4) is 5.75 Å². The van der Waals surface area contributed by atoms with Crippen LogP contribution in [0.1, 0.15) is 48.2 Å². The van der Waals surface area contributed by atoms with Crippen molar-refractivity contribution in [2.45, 2.75) is 39.0 Å². The summed E-state index contributed by atoms with van der Waals surface area (Å²) < 4.78 is 6.21. The van der Waals surface area contributed by atoms with E-state index in [2.05, 4.69) is 5.32 Å². The number of rotatable bonds is 5. The van der Waals surface area contributed by atoms with Crippen LogP contribution in [0.15, 0.2) is 71.7 Å². The number of aryl methyl sites for hydroxylation is 1. The lowest BCUT2D eigenvalue weighted by Crippen LogP contribution is -2.55. The zero-order chi connectivity index (χ0) is 27.7. The molecule has 0 radical (unpaired) electrons. The van der Waals surface area contributed by atoms with Crippen LogP contribution in [0, 0.1) is 6.92 Å². The number of halogens is 2. The quantitative estimate of drug-likeness (QED) is 0.401. The van der Waals surface area contributed by atoms with Crippen LogP contribution in [-0.4, -0.2) is 53.3 Å². The highest BCUT2D eigenvalue weighted by Gasteiger charge is 2.45. The van der Waals surface area contributed by atoms with E-state index in [1.807, 2.05) is 75.4 Å². The highest BCUT2D eigenvalue weighted by atomic mass is 35.5. The topological polar surface area (TPSA) is 74.2 Å². The van der Waals surface area contributed by atoms with E-state index in [0.29, 0.717) is 40.3 Å². The molecule has 0 spiro atoms. The van der Waals surface area contributed by atoms with Gasteiger partial charge >= 0.3 is 6.03 Å². The van der Waals surface area contributed by atoms with Gasteiger partial charge in [-0.05, 0) is 73.9 Å². The second-order valence-electron chi connectivity index (χ2n) is 10.0. The van der Waals surface area contributed by atoms with Gasteiger partial charge in [-0.1, -0.05) is 53.5 Å². The van der Waals surface area contributed by atoms with Gasteiger partial charge in [0.2, 0.25) is 5.91 Å². The molecule has 1 saturated heterocycles. The standard InChI is InChI=1S/C30H30Cl2N4O3/c1-18(2)39-25-15-19(3)7-12-24(25)29-34-27(21-5-4-6-23(32)16-21)28(20-8-10-22(31)11-9-20)36(29)30(38)35-14-13-33-26(37)17-35/h4-12,15-16,18,27-28H,13-14,17H2,1-3H3,(H,33,37)/t27-,28+/m0/s1. The summed E-state index contributed by atoms with van der Waals surface area (Å²) in [4.78, 5) is 35.0. The fraction of sp³-hybridized carbons (Fsp3) is 0.300. The number of carbonyl (C=O) groups excluding carboxylic acids is 2. The molecule has 1 N–H and O–H groups in total. The zero-order valence-electron chi connectivity index (χ0n) is 22.0. The van der Waals surface area contributed by atoms with Crippen LogP contribution in [-0.2, 0) is 4.79 Å². The Hall–Kier alpha value is -3.55. The molecule has 202 valence electrons. The van der Waals surface area contributed by atoms with E-state index in [1.54, 1.807) is 21.9 Å². The van der Waals surface area contributed by atoms with Crippen LogP contribution in [0.4, 0.5) is 4.79 Å². The third-order valence-corrected chi connectivity index (χ3v) is 7.21. The largest absolute Gasteiger partial charge is 0.490 e. The molecule has 2 heterocycles. The number of hydrogen-bond donors (Lipinski definition) is 1. The van der Waals surface area contributed by atoms with Crippen molar-refractivity contribution in [2.75, 3.05) is 19.6 Å².